The lowest BCUT2D eigenvalue weighted by atomic mass is 9.99. The van der Waals surface area contributed by atoms with Crippen LogP contribution in [0.5, 0.6) is 0 Å². The molecule has 2 amide bonds. The summed E-state index contributed by atoms with van der Waals surface area (Å²) >= 11 is 0. The minimum Gasteiger partial charge on any atom is -0.351 e. The SMILES string of the molecule is CC(C)(C)NC(=O)C(c1ccncc1)N(C(=O)c1ccc(-c2ccccc2)[nH]1)C1CCCC1. The normalized spacial score (nSPS) is 15.2. The number of nitrogens with one attached hydrogen (secondary N) is 2. The molecule has 2 N–H and O–H groups in total. The first-order valence-corrected chi connectivity index (χ1v) is 11.6. The Morgan fingerprint density at radius 2 is 1.67 bits per heavy atom. The zero-order valence-electron chi connectivity index (χ0n) is 19.5. The Bertz CT molecular complexity index is 1080. The van der Waals surface area contributed by atoms with E-state index in [4.69, 9.17) is 0 Å². The zero-order valence-corrected chi connectivity index (χ0v) is 19.5. The Labute approximate surface area is 195 Å². The molecule has 1 unspecified atom stereocenters. The molecule has 3 aromatic rings. The summed E-state index contributed by atoms with van der Waals surface area (Å²) in [4.78, 5) is 36.7. The molecular formula is C27H32N4O2. The van der Waals surface area contributed by atoms with Gasteiger partial charge in [-0.05, 0) is 69.0 Å². The van der Waals surface area contributed by atoms with Gasteiger partial charge < -0.3 is 15.2 Å². The lowest BCUT2D eigenvalue weighted by Gasteiger charge is -2.37. The fraction of sp³-hybridized carbons (Fsp3) is 0.370. The van der Waals surface area contributed by atoms with Crippen molar-refractivity contribution in [2.75, 3.05) is 0 Å². The van der Waals surface area contributed by atoms with Gasteiger partial charge in [-0.25, -0.2) is 0 Å². The number of H-pyrrole nitrogens is 1. The molecule has 33 heavy (non-hydrogen) atoms. The van der Waals surface area contributed by atoms with Crippen molar-refractivity contribution in [2.45, 2.75) is 64.1 Å². The lowest BCUT2D eigenvalue weighted by molar-refractivity contribution is -0.128. The summed E-state index contributed by atoms with van der Waals surface area (Å²) in [5.41, 5.74) is 2.73. The topological polar surface area (TPSA) is 78.1 Å². The molecule has 1 saturated carbocycles. The highest BCUT2D eigenvalue weighted by molar-refractivity contribution is 5.97. The smallest absolute Gasteiger partial charge is 0.271 e. The van der Waals surface area contributed by atoms with Crippen LogP contribution in [0, 0.1) is 0 Å². The number of hydrogen-bond acceptors (Lipinski definition) is 3. The summed E-state index contributed by atoms with van der Waals surface area (Å²) in [5, 5.41) is 3.10. The molecule has 1 aliphatic rings. The highest BCUT2D eigenvalue weighted by Gasteiger charge is 2.39. The first-order valence-electron chi connectivity index (χ1n) is 11.6. The second-order valence-corrected chi connectivity index (χ2v) is 9.72. The first kappa shape index (κ1) is 22.8. The quantitative estimate of drug-likeness (QED) is 0.554. The minimum absolute atomic E-state index is 0.00450. The van der Waals surface area contributed by atoms with Gasteiger partial charge in [0.25, 0.3) is 5.91 Å². The molecule has 1 aliphatic carbocycles. The molecule has 172 valence electrons. The van der Waals surface area contributed by atoms with Crippen LogP contribution in [-0.4, -0.2) is 38.3 Å². The zero-order chi connectivity index (χ0) is 23.4. The molecule has 1 aromatic carbocycles. The van der Waals surface area contributed by atoms with Crippen molar-refractivity contribution in [1.82, 2.24) is 20.2 Å². The Morgan fingerprint density at radius 3 is 2.30 bits per heavy atom. The molecule has 0 radical (unpaired) electrons. The maximum absolute atomic E-state index is 14.0. The maximum Gasteiger partial charge on any atom is 0.271 e. The first-order chi connectivity index (χ1) is 15.8. The van der Waals surface area contributed by atoms with Crippen LogP contribution in [0.25, 0.3) is 11.3 Å². The fourth-order valence-electron chi connectivity index (χ4n) is 4.54. The van der Waals surface area contributed by atoms with E-state index in [-0.39, 0.29) is 17.9 Å². The van der Waals surface area contributed by atoms with E-state index in [1.165, 1.54) is 0 Å². The minimum atomic E-state index is -0.730. The van der Waals surface area contributed by atoms with E-state index in [0.29, 0.717) is 5.69 Å². The van der Waals surface area contributed by atoms with E-state index in [1.807, 2.05) is 75.4 Å². The van der Waals surface area contributed by atoms with Gasteiger partial charge in [0.1, 0.15) is 11.7 Å². The van der Waals surface area contributed by atoms with Crippen molar-refractivity contribution in [3.63, 3.8) is 0 Å². The van der Waals surface area contributed by atoms with Crippen LogP contribution in [-0.2, 0) is 4.79 Å². The van der Waals surface area contributed by atoms with Gasteiger partial charge >= 0.3 is 0 Å². The molecule has 0 bridgehead atoms. The number of hydrogen-bond donors (Lipinski definition) is 2. The summed E-state index contributed by atoms with van der Waals surface area (Å²) in [6, 6.07) is 16.6. The van der Waals surface area contributed by atoms with Gasteiger partial charge in [0.15, 0.2) is 0 Å². The number of aromatic amines is 1. The van der Waals surface area contributed by atoms with E-state index in [9.17, 15) is 9.59 Å². The van der Waals surface area contributed by atoms with Crippen molar-refractivity contribution in [2.24, 2.45) is 0 Å². The van der Waals surface area contributed by atoms with Gasteiger partial charge in [-0.2, -0.15) is 0 Å². The second kappa shape index (κ2) is 9.61. The number of pyridine rings is 1. The van der Waals surface area contributed by atoms with Gasteiger partial charge in [-0.3, -0.25) is 14.6 Å². The average molecular weight is 445 g/mol. The summed E-state index contributed by atoms with van der Waals surface area (Å²) in [5.74, 6) is -0.334. The predicted octanol–water partition coefficient (Wildman–Crippen LogP) is 5.12. The third-order valence-electron chi connectivity index (χ3n) is 6.00. The Balaban J connectivity index is 1.74. The van der Waals surface area contributed by atoms with Gasteiger partial charge in [0, 0.05) is 29.7 Å². The van der Waals surface area contributed by atoms with Crippen LogP contribution >= 0.6 is 0 Å². The monoisotopic (exact) mass is 444 g/mol. The van der Waals surface area contributed by atoms with E-state index in [2.05, 4.69) is 15.3 Å². The summed E-state index contributed by atoms with van der Waals surface area (Å²) in [6.45, 7) is 5.86. The fourth-order valence-corrected chi connectivity index (χ4v) is 4.54. The summed E-state index contributed by atoms with van der Waals surface area (Å²) < 4.78 is 0. The number of carbonyl (C=O) groups excluding carboxylic acids is 2. The molecule has 1 atom stereocenters. The van der Waals surface area contributed by atoms with Crippen molar-refractivity contribution in [3.05, 3.63) is 78.2 Å². The second-order valence-electron chi connectivity index (χ2n) is 9.72. The van der Waals surface area contributed by atoms with Gasteiger partial charge in [-0.1, -0.05) is 43.2 Å². The highest BCUT2D eigenvalue weighted by atomic mass is 16.2. The number of aromatic nitrogens is 2. The molecule has 0 aliphatic heterocycles. The van der Waals surface area contributed by atoms with Gasteiger partial charge in [0.05, 0.1) is 0 Å². The van der Waals surface area contributed by atoms with Crippen molar-refractivity contribution in [3.8, 4) is 11.3 Å². The molecule has 1 fully saturated rings. The predicted molar refractivity (Wildman–Crippen MR) is 130 cm³/mol. The maximum atomic E-state index is 14.0. The van der Waals surface area contributed by atoms with E-state index < -0.39 is 11.6 Å². The number of nitrogens with zero attached hydrogens (tertiary/aromatic N) is 2. The Kier molecular flexibility index (Phi) is 6.63. The van der Waals surface area contributed by atoms with Crippen molar-refractivity contribution < 1.29 is 9.59 Å². The molecule has 0 spiro atoms. The average Bonchev–Trinajstić information content (AvgIpc) is 3.49. The molecule has 6 heteroatoms. The number of amides is 2. The van der Waals surface area contributed by atoms with Crippen LogP contribution < -0.4 is 5.32 Å². The van der Waals surface area contributed by atoms with Crippen LogP contribution in [0.4, 0.5) is 0 Å². The van der Waals surface area contributed by atoms with Crippen LogP contribution in [0.2, 0.25) is 0 Å². The number of benzene rings is 1. The van der Waals surface area contributed by atoms with E-state index in [1.54, 1.807) is 17.3 Å². The Hall–Kier alpha value is -3.41. The number of carbonyl (C=O) groups is 2. The van der Waals surface area contributed by atoms with Crippen LogP contribution in [0.1, 0.15) is 68.5 Å². The molecule has 6 nitrogen and oxygen atoms in total. The molecule has 0 saturated heterocycles. The largest absolute Gasteiger partial charge is 0.351 e. The third-order valence-corrected chi connectivity index (χ3v) is 6.00. The molecular weight excluding hydrogens is 412 g/mol. The highest BCUT2D eigenvalue weighted by Crippen LogP contribution is 2.33. The van der Waals surface area contributed by atoms with E-state index >= 15 is 0 Å². The van der Waals surface area contributed by atoms with Gasteiger partial charge in [-0.15, -0.1) is 0 Å². The van der Waals surface area contributed by atoms with Crippen molar-refractivity contribution >= 4 is 11.8 Å². The van der Waals surface area contributed by atoms with Gasteiger partial charge in [0.2, 0.25) is 5.91 Å². The molecule has 2 heterocycles. The standard InChI is InChI=1S/C27H32N4O2/c1-27(2,3)30-25(32)24(20-15-17-28-18-16-20)31(21-11-7-8-12-21)26(33)23-14-13-22(29-23)19-9-5-4-6-10-19/h4-6,9-10,13-18,21,24,29H,7-8,11-12H2,1-3H3,(H,30,32). The van der Waals surface area contributed by atoms with E-state index in [0.717, 1.165) is 42.5 Å². The number of rotatable bonds is 6. The molecule has 4 rings (SSSR count). The lowest BCUT2D eigenvalue weighted by Crippen LogP contribution is -2.51. The van der Waals surface area contributed by atoms with Crippen LogP contribution in [0.3, 0.4) is 0 Å². The molecule has 2 aromatic heterocycles. The third kappa shape index (κ3) is 5.33. The van der Waals surface area contributed by atoms with Crippen molar-refractivity contribution in [1.29, 1.82) is 0 Å². The Morgan fingerprint density at radius 1 is 1.00 bits per heavy atom. The van der Waals surface area contributed by atoms with Crippen LogP contribution in [0.15, 0.2) is 67.0 Å². The summed E-state index contributed by atoms with van der Waals surface area (Å²) in [6.07, 6.45) is 7.24. The summed E-state index contributed by atoms with van der Waals surface area (Å²) in [7, 11) is 0.